The van der Waals surface area contributed by atoms with Crippen molar-refractivity contribution in [1.82, 2.24) is 0 Å². The molecule has 0 saturated heterocycles. The zero-order valence-corrected chi connectivity index (χ0v) is 18.7. The van der Waals surface area contributed by atoms with E-state index in [0.717, 1.165) is 11.1 Å². The van der Waals surface area contributed by atoms with E-state index in [9.17, 15) is 10.2 Å². The van der Waals surface area contributed by atoms with Crippen LogP contribution >= 0.6 is 0 Å². The second-order valence-electron chi connectivity index (χ2n) is 9.16. The van der Waals surface area contributed by atoms with E-state index in [0.29, 0.717) is 22.6 Å². The molecule has 4 unspecified atom stereocenters. The fourth-order valence-electron chi connectivity index (χ4n) is 5.46. The van der Waals surface area contributed by atoms with E-state index < -0.39 is 23.4 Å². The summed E-state index contributed by atoms with van der Waals surface area (Å²) in [5.74, 6) is 1.16. The van der Waals surface area contributed by atoms with Crippen molar-refractivity contribution in [3.63, 3.8) is 0 Å². The van der Waals surface area contributed by atoms with Gasteiger partial charge >= 0.3 is 0 Å². The molecule has 0 aromatic heterocycles. The molecule has 4 atom stereocenters. The molecule has 0 aliphatic carbocycles. The van der Waals surface area contributed by atoms with Crippen molar-refractivity contribution in [2.24, 2.45) is 0 Å². The highest BCUT2D eigenvalue weighted by Gasteiger charge is 2.59. The topological polar surface area (TPSA) is 58.9 Å². The van der Waals surface area contributed by atoms with Crippen molar-refractivity contribution in [1.29, 1.82) is 0 Å². The number of aliphatic hydroxyl groups is 2. The highest BCUT2D eigenvalue weighted by molar-refractivity contribution is 5.50. The Morgan fingerprint density at radius 3 is 1.26 bits per heavy atom. The van der Waals surface area contributed by atoms with Gasteiger partial charge in [-0.25, -0.2) is 0 Å². The zero-order chi connectivity index (χ0) is 23.2. The van der Waals surface area contributed by atoms with Crippen LogP contribution in [0, 0.1) is 0 Å². The Hall–Kier alpha value is -3.60. The summed E-state index contributed by atoms with van der Waals surface area (Å²) in [5.41, 5.74) is -0.107. The van der Waals surface area contributed by atoms with Crippen molar-refractivity contribution >= 4 is 0 Å². The minimum atomic E-state index is -1.60. The molecule has 2 heterocycles. The summed E-state index contributed by atoms with van der Waals surface area (Å²) < 4.78 is 12.7. The molecule has 0 spiro atoms. The van der Waals surface area contributed by atoms with Crippen LogP contribution in [0.5, 0.6) is 11.5 Å². The summed E-state index contributed by atoms with van der Waals surface area (Å²) >= 11 is 0. The second-order valence-corrected chi connectivity index (χ2v) is 9.16. The Morgan fingerprint density at radius 1 is 0.500 bits per heavy atom. The Kier molecular flexibility index (Phi) is 4.94. The normalized spacial score (nSPS) is 27.6. The molecule has 4 nitrogen and oxygen atoms in total. The molecule has 4 aromatic carbocycles. The van der Waals surface area contributed by atoms with E-state index in [1.807, 2.05) is 109 Å². The highest BCUT2D eigenvalue weighted by atomic mass is 16.5. The maximum atomic E-state index is 12.6. The Balaban J connectivity index is 1.53. The highest BCUT2D eigenvalue weighted by Crippen LogP contribution is 2.59. The molecule has 34 heavy (non-hydrogen) atoms. The molecule has 2 aliphatic rings. The Morgan fingerprint density at radius 2 is 0.853 bits per heavy atom. The fraction of sp³-hybridized carbons (Fsp3) is 0.200. The number of benzene rings is 4. The predicted molar refractivity (Wildman–Crippen MR) is 130 cm³/mol. The van der Waals surface area contributed by atoms with E-state index >= 15 is 0 Å². The van der Waals surface area contributed by atoms with Gasteiger partial charge in [-0.1, -0.05) is 97.1 Å². The third-order valence-corrected chi connectivity index (χ3v) is 7.19. The maximum absolute atomic E-state index is 12.6. The minimum absolute atomic E-state index is 0.209. The third-order valence-electron chi connectivity index (χ3n) is 7.19. The Labute approximate surface area is 199 Å². The lowest BCUT2D eigenvalue weighted by atomic mass is 9.65. The molecule has 0 radical (unpaired) electrons. The first-order chi connectivity index (χ1) is 16.6. The average Bonchev–Trinajstić information content (AvgIpc) is 2.89. The molecule has 2 aliphatic heterocycles. The van der Waals surface area contributed by atoms with Gasteiger partial charge in [0.1, 0.15) is 34.9 Å². The summed E-state index contributed by atoms with van der Waals surface area (Å²) in [4.78, 5) is 0. The largest absolute Gasteiger partial charge is 0.485 e. The van der Waals surface area contributed by atoms with Crippen molar-refractivity contribution in [2.75, 3.05) is 0 Å². The van der Waals surface area contributed by atoms with E-state index in [4.69, 9.17) is 9.47 Å². The molecule has 0 bridgehead atoms. The first-order valence-corrected chi connectivity index (χ1v) is 11.7. The molecular weight excluding hydrogens is 424 g/mol. The van der Waals surface area contributed by atoms with Gasteiger partial charge < -0.3 is 19.7 Å². The van der Waals surface area contributed by atoms with Gasteiger partial charge in [0.25, 0.3) is 0 Å². The smallest absolute Gasteiger partial charge is 0.130 e. The van der Waals surface area contributed by atoms with Crippen molar-refractivity contribution in [3.05, 3.63) is 131 Å². The SMILES string of the molecule is OC1(C2(O)CC(c3ccccc3)Oc3ccccc32)CC(c2ccccc2)Oc2ccccc21. The number of para-hydroxylation sites is 2. The van der Waals surface area contributed by atoms with Gasteiger partial charge in [0.15, 0.2) is 0 Å². The van der Waals surface area contributed by atoms with Crippen LogP contribution in [0.15, 0.2) is 109 Å². The average molecular weight is 451 g/mol. The van der Waals surface area contributed by atoms with Crippen LogP contribution in [-0.4, -0.2) is 10.2 Å². The summed E-state index contributed by atoms with van der Waals surface area (Å²) in [5, 5.41) is 25.1. The van der Waals surface area contributed by atoms with Crippen LogP contribution < -0.4 is 9.47 Å². The van der Waals surface area contributed by atoms with Crippen molar-refractivity contribution in [2.45, 2.75) is 36.3 Å². The molecule has 2 N–H and O–H groups in total. The van der Waals surface area contributed by atoms with Crippen LogP contribution in [0.3, 0.4) is 0 Å². The summed E-state index contributed by atoms with van der Waals surface area (Å²) in [6, 6.07) is 34.7. The quantitative estimate of drug-likeness (QED) is 0.414. The summed E-state index contributed by atoms with van der Waals surface area (Å²) in [7, 11) is 0. The molecule has 0 fully saturated rings. The number of ether oxygens (including phenoxy) is 2. The summed E-state index contributed by atoms with van der Waals surface area (Å²) in [6.45, 7) is 0. The monoisotopic (exact) mass is 450 g/mol. The number of hydrogen-bond acceptors (Lipinski definition) is 4. The molecule has 4 aromatic rings. The standard InChI is InChI=1S/C30H26O4/c31-29(19-27(21-11-3-1-4-12-21)33-25-17-9-7-15-23(25)29)30(32)20-28(22-13-5-2-6-14-22)34-26-18-10-8-16-24(26)30/h1-18,27-28,31-32H,19-20H2. The molecule has 170 valence electrons. The van der Waals surface area contributed by atoms with Crippen molar-refractivity contribution in [3.8, 4) is 11.5 Å². The van der Waals surface area contributed by atoms with Gasteiger partial charge in [0.2, 0.25) is 0 Å². The van der Waals surface area contributed by atoms with Gasteiger partial charge in [-0.3, -0.25) is 0 Å². The lowest BCUT2D eigenvalue weighted by molar-refractivity contribution is -0.209. The Bertz CT molecular complexity index is 1200. The van der Waals surface area contributed by atoms with Gasteiger partial charge in [-0.15, -0.1) is 0 Å². The predicted octanol–water partition coefficient (Wildman–Crippen LogP) is 5.81. The lowest BCUT2D eigenvalue weighted by Gasteiger charge is -2.51. The van der Waals surface area contributed by atoms with Crippen LogP contribution in [0.25, 0.3) is 0 Å². The van der Waals surface area contributed by atoms with Crippen LogP contribution in [0.4, 0.5) is 0 Å². The first kappa shape index (κ1) is 21.0. The lowest BCUT2D eigenvalue weighted by Crippen LogP contribution is -2.54. The van der Waals surface area contributed by atoms with Crippen LogP contribution in [0.2, 0.25) is 0 Å². The number of fused-ring (bicyclic) bond motifs is 2. The minimum Gasteiger partial charge on any atom is -0.485 e. The van der Waals surface area contributed by atoms with Crippen molar-refractivity contribution < 1.29 is 19.7 Å². The van der Waals surface area contributed by atoms with Crippen LogP contribution in [-0.2, 0) is 11.2 Å². The molecule has 4 heteroatoms. The van der Waals surface area contributed by atoms with E-state index in [2.05, 4.69) is 0 Å². The first-order valence-electron chi connectivity index (χ1n) is 11.7. The van der Waals surface area contributed by atoms with E-state index in [1.54, 1.807) is 0 Å². The fourth-order valence-corrected chi connectivity index (χ4v) is 5.46. The second kappa shape index (κ2) is 8.01. The maximum Gasteiger partial charge on any atom is 0.130 e. The van der Waals surface area contributed by atoms with E-state index in [-0.39, 0.29) is 12.8 Å². The molecule has 0 amide bonds. The number of hydrogen-bond donors (Lipinski definition) is 2. The van der Waals surface area contributed by atoms with Gasteiger partial charge in [0.05, 0.1) is 0 Å². The molecule has 0 saturated carbocycles. The third kappa shape index (κ3) is 3.22. The van der Waals surface area contributed by atoms with Crippen LogP contribution in [0.1, 0.15) is 47.3 Å². The summed E-state index contributed by atoms with van der Waals surface area (Å²) in [6.07, 6.45) is -0.397. The van der Waals surface area contributed by atoms with Gasteiger partial charge in [-0.2, -0.15) is 0 Å². The number of rotatable bonds is 3. The van der Waals surface area contributed by atoms with Gasteiger partial charge in [-0.05, 0) is 23.3 Å². The van der Waals surface area contributed by atoms with E-state index in [1.165, 1.54) is 0 Å². The molecule has 6 rings (SSSR count). The van der Waals surface area contributed by atoms with Gasteiger partial charge in [0, 0.05) is 24.0 Å². The molecular formula is C30H26O4. The zero-order valence-electron chi connectivity index (χ0n) is 18.7.